The summed E-state index contributed by atoms with van der Waals surface area (Å²) >= 11 is 5.77. The fourth-order valence-corrected chi connectivity index (χ4v) is 3.74. The molecule has 124 valence electrons. The predicted molar refractivity (Wildman–Crippen MR) is 87.7 cm³/mol. The van der Waals surface area contributed by atoms with Gasteiger partial charge in [-0.25, -0.2) is 8.42 Å². The van der Waals surface area contributed by atoms with Crippen molar-refractivity contribution in [2.45, 2.75) is 17.9 Å². The highest BCUT2D eigenvalue weighted by atomic mass is 35.5. The third-order valence-electron chi connectivity index (χ3n) is 3.39. The number of amides is 1. The highest BCUT2D eigenvalue weighted by molar-refractivity contribution is 7.89. The summed E-state index contributed by atoms with van der Waals surface area (Å²) in [5, 5.41) is 0.487. The van der Waals surface area contributed by atoms with Crippen molar-refractivity contribution in [3.05, 3.63) is 29.3 Å². The van der Waals surface area contributed by atoms with E-state index in [0.29, 0.717) is 18.1 Å². The molecule has 1 aromatic rings. The number of sulfonamides is 1. The van der Waals surface area contributed by atoms with E-state index in [-0.39, 0.29) is 36.3 Å². The molecule has 1 fully saturated rings. The lowest BCUT2D eigenvalue weighted by atomic mass is 10.2. The highest BCUT2D eigenvalue weighted by Crippen LogP contribution is 2.19. The van der Waals surface area contributed by atoms with E-state index in [1.165, 1.54) is 16.4 Å². The fourth-order valence-electron chi connectivity index (χ4n) is 2.19. The van der Waals surface area contributed by atoms with E-state index in [1.807, 2.05) is 0 Å². The SMILES string of the molecule is C[C@@H](N)C(=O)N1CCN(S(=O)(=O)c2ccc(Cl)cc2)CC1.Cl. The summed E-state index contributed by atoms with van der Waals surface area (Å²) in [6.07, 6.45) is 0. The van der Waals surface area contributed by atoms with E-state index in [4.69, 9.17) is 17.3 Å². The monoisotopic (exact) mass is 367 g/mol. The van der Waals surface area contributed by atoms with Crippen LogP contribution < -0.4 is 5.73 Å². The minimum atomic E-state index is -3.54. The van der Waals surface area contributed by atoms with Gasteiger partial charge >= 0.3 is 0 Å². The first kappa shape index (κ1) is 19.2. The van der Waals surface area contributed by atoms with E-state index >= 15 is 0 Å². The average molecular weight is 368 g/mol. The van der Waals surface area contributed by atoms with Crippen LogP contribution in [0.3, 0.4) is 0 Å². The topological polar surface area (TPSA) is 83.7 Å². The predicted octanol–water partition coefficient (Wildman–Crippen LogP) is 0.942. The zero-order valence-corrected chi connectivity index (χ0v) is 14.5. The number of carbonyl (C=O) groups is 1. The standard InChI is InChI=1S/C13H18ClN3O3S.ClH/c1-10(15)13(18)16-6-8-17(9-7-16)21(19,20)12-4-2-11(14)3-5-12;/h2-5,10H,6-9,15H2,1H3;1H/t10-;/m1./s1. The van der Waals surface area contributed by atoms with E-state index in [0.717, 1.165) is 0 Å². The number of halogens is 2. The van der Waals surface area contributed by atoms with Crippen molar-refractivity contribution in [2.24, 2.45) is 5.73 Å². The van der Waals surface area contributed by atoms with Crippen LogP contribution in [0.2, 0.25) is 5.02 Å². The van der Waals surface area contributed by atoms with Crippen molar-refractivity contribution in [1.82, 2.24) is 9.21 Å². The summed E-state index contributed by atoms with van der Waals surface area (Å²) < 4.78 is 26.3. The molecule has 0 spiro atoms. The Morgan fingerprint density at radius 1 is 1.18 bits per heavy atom. The van der Waals surface area contributed by atoms with Gasteiger partial charge in [0.1, 0.15) is 0 Å². The molecular formula is C13H19Cl2N3O3S. The first-order valence-corrected chi connectivity index (χ1v) is 8.44. The zero-order chi connectivity index (χ0) is 15.6. The Hall–Kier alpha value is -0.860. The van der Waals surface area contributed by atoms with Crippen LogP contribution in [0.15, 0.2) is 29.2 Å². The molecule has 2 rings (SSSR count). The summed E-state index contributed by atoms with van der Waals surface area (Å²) in [4.78, 5) is 13.6. The molecule has 0 bridgehead atoms. The molecule has 1 atom stereocenters. The second-order valence-electron chi connectivity index (χ2n) is 4.97. The Balaban J connectivity index is 0.00000242. The second kappa shape index (κ2) is 7.61. The molecule has 1 aliphatic heterocycles. The first-order chi connectivity index (χ1) is 9.82. The summed E-state index contributed by atoms with van der Waals surface area (Å²) in [7, 11) is -3.54. The summed E-state index contributed by atoms with van der Waals surface area (Å²) in [5.41, 5.74) is 5.56. The molecule has 1 aliphatic rings. The Bertz CT molecular complexity index is 612. The van der Waals surface area contributed by atoms with Crippen LogP contribution in [0, 0.1) is 0 Å². The number of benzene rings is 1. The van der Waals surface area contributed by atoms with Gasteiger partial charge in [-0.1, -0.05) is 11.6 Å². The molecule has 22 heavy (non-hydrogen) atoms. The van der Waals surface area contributed by atoms with Gasteiger partial charge in [0.05, 0.1) is 10.9 Å². The molecule has 0 saturated carbocycles. The van der Waals surface area contributed by atoms with Crippen LogP contribution >= 0.6 is 24.0 Å². The molecule has 1 amide bonds. The van der Waals surface area contributed by atoms with Crippen molar-refractivity contribution in [1.29, 1.82) is 0 Å². The molecule has 1 saturated heterocycles. The van der Waals surface area contributed by atoms with Crippen molar-refractivity contribution >= 4 is 39.9 Å². The van der Waals surface area contributed by atoms with Crippen LogP contribution in [0.4, 0.5) is 0 Å². The van der Waals surface area contributed by atoms with Crippen LogP contribution in [-0.2, 0) is 14.8 Å². The third kappa shape index (κ3) is 4.11. The normalized spacial score (nSPS) is 17.7. The Labute approximate surface area is 141 Å². The van der Waals surface area contributed by atoms with Gasteiger partial charge in [-0.15, -0.1) is 12.4 Å². The second-order valence-corrected chi connectivity index (χ2v) is 7.35. The van der Waals surface area contributed by atoms with Gasteiger partial charge in [0.25, 0.3) is 0 Å². The lowest BCUT2D eigenvalue weighted by molar-refractivity contribution is -0.133. The quantitative estimate of drug-likeness (QED) is 0.861. The number of rotatable bonds is 3. The average Bonchev–Trinajstić information content (AvgIpc) is 2.47. The maximum atomic E-state index is 12.5. The number of hydrogen-bond donors (Lipinski definition) is 1. The van der Waals surface area contributed by atoms with Gasteiger partial charge < -0.3 is 10.6 Å². The number of nitrogens with zero attached hydrogens (tertiary/aromatic N) is 2. The van der Waals surface area contributed by atoms with Gasteiger partial charge in [-0.05, 0) is 31.2 Å². The lowest BCUT2D eigenvalue weighted by Gasteiger charge is -2.34. The summed E-state index contributed by atoms with van der Waals surface area (Å²) in [6.45, 7) is 2.87. The molecule has 1 aromatic carbocycles. The van der Waals surface area contributed by atoms with Crippen molar-refractivity contribution in [2.75, 3.05) is 26.2 Å². The molecule has 2 N–H and O–H groups in total. The van der Waals surface area contributed by atoms with Crippen LogP contribution in [0.1, 0.15) is 6.92 Å². The smallest absolute Gasteiger partial charge is 0.243 e. The van der Waals surface area contributed by atoms with Gasteiger partial charge in [0.15, 0.2) is 0 Å². The van der Waals surface area contributed by atoms with Crippen LogP contribution in [0.25, 0.3) is 0 Å². The number of carbonyl (C=O) groups excluding carboxylic acids is 1. The summed E-state index contributed by atoms with van der Waals surface area (Å²) in [5.74, 6) is -0.154. The van der Waals surface area contributed by atoms with E-state index in [1.54, 1.807) is 24.0 Å². The Kier molecular flexibility index (Phi) is 6.64. The van der Waals surface area contributed by atoms with Gasteiger partial charge in [0.2, 0.25) is 15.9 Å². The van der Waals surface area contributed by atoms with E-state index < -0.39 is 16.1 Å². The maximum absolute atomic E-state index is 12.5. The van der Waals surface area contributed by atoms with Gasteiger partial charge in [0, 0.05) is 31.2 Å². The molecule has 0 aromatic heterocycles. The molecular weight excluding hydrogens is 349 g/mol. The number of nitrogens with two attached hydrogens (primary N) is 1. The molecule has 0 aliphatic carbocycles. The summed E-state index contributed by atoms with van der Waals surface area (Å²) in [6, 6.07) is 5.49. The van der Waals surface area contributed by atoms with Gasteiger partial charge in [-0.2, -0.15) is 4.31 Å². The van der Waals surface area contributed by atoms with E-state index in [9.17, 15) is 13.2 Å². The first-order valence-electron chi connectivity index (χ1n) is 6.62. The minimum Gasteiger partial charge on any atom is -0.339 e. The van der Waals surface area contributed by atoms with Crippen LogP contribution in [0.5, 0.6) is 0 Å². The van der Waals surface area contributed by atoms with Gasteiger partial charge in [-0.3, -0.25) is 4.79 Å². The molecule has 0 radical (unpaired) electrons. The molecule has 6 nitrogen and oxygen atoms in total. The molecule has 0 unspecified atom stereocenters. The number of piperazine rings is 1. The number of hydrogen-bond acceptors (Lipinski definition) is 4. The van der Waals surface area contributed by atoms with Crippen LogP contribution in [-0.4, -0.2) is 55.8 Å². The highest BCUT2D eigenvalue weighted by Gasteiger charge is 2.30. The third-order valence-corrected chi connectivity index (χ3v) is 5.56. The van der Waals surface area contributed by atoms with E-state index in [2.05, 4.69) is 0 Å². The Morgan fingerprint density at radius 3 is 2.14 bits per heavy atom. The van der Waals surface area contributed by atoms with Crippen molar-refractivity contribution in [3.63, 3.8) is 0 Å². The molecule has 9 heteroatoms. The zero-order valence-electron chi connectivity index (χ0n) is 12.1. The van der Waals surface area contributed by atoms with Crippen molar-refractivity contribution in [3.8, 4) is 0 Å². The fraction of sp³-hybridized carbons (Fsp3) is 0.462. The Morgan fingerprint density at radius 2 is 1.68 bits per heavy atom. The molecule has 1 heterocycles. The minimum absolute atomic E-state index is 0. The lowest BCUT2D eigenvalue weighted by Crippen LogP contribution is -2.53. The maximum Gasteiger partial charge on any atom is 0.243 e. The largest absolute Gasteiger partial charge is 0.339 e. The van der Waals surface area contributed by atoms with Crippen molar-refractivity contribution < 1.29 is 13.2 Å².